The molecule has 0 radical (unpaired) electrons. The average molecular weight is 295 g/mol. The van der Waals surface area contributed by atoms with Crippen molar-refractivity contribution in [3.8, 4) is 0 Å². The minimum Gasteiger partial charge on any atom is -0.322 e. The third-order valence-electron chi connectivity index (χ3n) is 2.19. The fraction of sp³-hybridized carbons (Fsp3) is 0.900. The van der Waals surface area contributed by atoms with Crippen LogP contribution in [-0.2, 0) is 13.6 Å². The Morgan fingerprint density at radius 2 is 1.84 bits per heavy atom. The maximum atomic E-state index is 12.3. The van der Waals surface area contributed by atoms with Crippen LogP contribution in [0.5, 0.6) is 0 Å². The summed E-state index contributed by atoms with van der Waals surface area (Å²) in [5.74, 6) is -0.860. The quantitative estimate of drug-likeness (QED) is 0.400. The first-order chi connectivity index (χ1) is 8.95. The predicted molar refractivity (Wildman–Crippen MR) is 71.6 cm³/mol. The summed E-state index contributed by atoms with van der Waals surface area (Å²) in [5, 5.41) is 5.75. The van der Waals surface area contributed by atoms with E-state index in [-0.39, 0.29) is 19.8 Å². The molecule has 0 aliphatic rings. The van der Waals surface area contributed by atoms with Crippen LogP contribution in [0.15, 0.2) is 5.29 Å². The summed E-state index contributed by atoms with van der Waals surface area (Å²) in [6.45, 7) is 7.24. The molecule has 0 unspecified atom stereocenters. The molecule has 0 saturated heterocycles. The van der Waals surface area contributed by atoms with Gasteiger partial charge >= 0.3 is 13.6 Å². The molecule has 112 valence electrons. The number of urea groups is 1. The molecule has 1 atom stereocenters. The van der Waals surface area contributed by atoms with Crippen LogP contribution < -0.4 is 5.32 Å². The Morgan fingerprint density at radius 1 is 1.32 bits per heavy atom. The van der Waals surface area contributed by atoms with Gasteiger partial charge in [0.05, 0.1) is 18.5 Å². The van der Waals surface area contributed by atoms with Crippen LogP contribution in [-0.4, -0.2) is 36.6 Å². The number of nitrogens with zero attached hydrogens (tertiary/aromatic N) is 2. The van der Waals surface area contributed by atoms with Gasteiger partial charge in [0, 0.05) is 6.54 Å². The first-order valence-corrected chi connectivity index (χ1v) is 7.86. The van der Waals surface area contributed by atoms with Crippen molar-refractivity contribution >= 4 is 13.6 Å². The first kappa shape index (κ1) is 18.0. The zero-order chi connectivity index (χ0) is 14.9. The number of rotatable bonds is 9. The third-order valence-corrected chi connectivity index (χ3v) is 4.51. The summed E-state index contributed by atoms with van der Waals surface area (Å²) in [4.78, 5) is 22.2. The predicted octanol–water partition coefficient (Wildman–Crippen LogP) is 2.70. The Bertz CT molecular complexity index is 329. The van der Waals surface area contributed by atoms with Crippen molar-refractivity contribution in [3.05, 3.63) is 4.91 Å². The summed E-state index contributed by atoms with van der Waals surface area (Å²) in [5.41, 5.74) is 0. The highest BCUT2D eigenvalue weighted by molar-refractivity contribution is 7.54. The molecule has 0 aromatic heterocycles. The van der Waals surface area contributed by atoms with Crippen molar-refractivity contribution in [2.45, 2.75) is 39.9 Å². The molecule has 9 heteroatoms. The van der Waals surface area contributed by atoms with Crippen molar-refractivity contribution in [1.29, 1.82) is 0 Å². The summed E-state index contributed by atoms with van der Waals surface area (Å²) < 4.78 is 22.5. The van der Waals surface area contributed by atoms with Crippen LogP contribution in [0.4, 0.5) is 4.79 Å². The fourth-order valence-corrected chi connectivity index (χ4v) is 2.85. The lowest BCUT2D eigenvalue weighted by atomic mass is 10.5. The van der Waals surface area contributed by atoms with Gasteiger partial charge in [0.25, 0.3) is 0 Å². The molecule has 0 aliphatic carbocycles. The van der Waals surface area contributed by atoms with E-state index in [0.717, 1.165) is 5.01 Å². The standard InChI is InChI=1S/C10H22N3O5P/c1-5-8-13(12-15)10(14)11-9(4)19(16,17-6-2)18-7-3/h9H,5-8H2,1-4H3,(H,11,14)/t9-/m0/s1. The van der Waals surface area contributed by atoms with Crippen LogP contribution in [0.2, 0.25) is 0 Å². The molecule has 0 rings (SSSR count). The highest BCUT2D eigenvalue weighted by Gasteiger charge is 2.34. The smallest absolute Gasteiger partial charge is 0.322 e. The van der Waals surface area contributed by atoms with Crippen LogP contribution in [0.25, 0.3) is 0 Å². The van der Waals surface area contributed by atoms with Crippen molar-refractivity contribution < 1.29 is 18.4 Å². The van der Waals surface area contributed by atoms with E-state index in [4.69, 9.17) is 9.05 Å². The minimum atomic E-state index is -3.44. The number of nitroso groups, excluding NO2 is 1. The van der Waals surface area contributed by atoms with Gasteiger partial charge < -0.3 is 14.4 Å². The van der Waals surface area contributed by atoms with Gasteiger partial charge in [-0.1, -0.05) is 6.92 Å². The molecule has 8 nitrogen and oxygen atoms in total. The first-order valence-electron chi connectivity index (χ1n) is 6.25. The maximum Gasteiger partial charge on any atom is 0.352 e. The van der Waals surface area contributed by atoms with E-state index in [2.05, 4.69) is 10.6 Å². The third kappa shape index (κ3) is 5.67. The van der Waals surface area contributed by atoms with Crippen LogP contribution in [0, 0.1) is 4.91 Å². The van der Waals surface area contributed by atoms with Gasteiger partial charge in [-0.15, -0.1) is 4.91 Å². The Labute approximate surface area is 113 Å². The number of hydrogen-bond donors (Lipinski definition) is 1. The fourth-order valence-electron chi connectivity index (χ4n) is 1.34. The largest absolute Gasteiger partial charge is 0.352 e. The van der Waals surface area contributed by atoms with Gasteiger partial charge in [0.2, 0.25) is 0 Å². The van der Waals surface area contributed by atoms with Crippen molar-refractivity contribution in [3.63, 3.8) is 0 Å². The Hall–Kier alpha value is -0.980. The SMILES string of the molecule is CCCN(N=O)C(=O)N[C@H](C)P(=O)(OCC)OCC. The molecule has 0 aliphatic heterocycles. The molecule has 2 amide bonds. The second kappa shape index (κ2) is 9.01. The Morgan fingerprint density at radius 3 is 2.21 bits per heavy atom. The number of nitrogens with one attached hydrogen (secondary N) is 1. The van der Waals surface area contributed by atoms with Gasteiger partial charge in [0.15, 0.2) is 0 Å². The number of carbonyl (C=O) groups is 1. The van der Waals surface area contributed by atoms with Crippen LogP contribution >= 0.6 is 7.60 Å². The van der Waals surface area contributed by atoms with Crippen LogP contribution in [0.1, 0.15) is 34.1 Å². The number of amides is 2. The highest BCUT2D eigenvalue weighted by Crippen LogP contribution is 2.51. The molecule has 0 aromatic rings. The second-order valence-corrected chi connectivity index (χ2v) is 6.08. The number of carbonyl (C=O) groups excluding carboxylic acids is 1. The molecule has 0 heterocycles. The maximum absolute atomic E-state index is 12.3. The zero-order valence-corrected chi connectivity index (χ0v) is 12.7. The molecular weight excluding hydrogens is 273 g/mol. The number of hydrogen-bond acceptors (Lipinski definition) is 6. The van der Waals surface area contributed by atoms with Crippen molar-refractivity contribution in [1.82, 2.24) is 10.3 Å². The Balaban J connectivity index is 4.71. The summed E-state index contributed by atoms with van der Waals surface area (Å²) in [6, 6.07) is -0.719. The lowest BCUT2D eigenvalue weighted by Crippen LogP contribution is -2.41. The second-order valence-electron chi connectivity index (χ2n) is 3.71. The minimum absolute atomic E-state index is 0.190. The summed E-state index contributed by atoms with van der Waals surface area (Å²) in [6.07, 6.45) is 0.585. The molecule has 1 N–H and O–H groups in total. The molecule has 0 fully saturated rings. The molecule has 0 bridgehead atoms. The van der Waals surface area contributed by atoms with Crippen LogP contribution in [0.3, 0.4) is 0 Å². The Kier molecular flexibility index (Phi) is 8.54. The summed E-state index contributed by atoms with van der Waals surface area (Å²) >= 11 is 0. The molecular formula is C10H22N3O5P. The topological polar surface area (TPSA) is 97.3 Å². The lowest BCUT2D eigenvalue weighted by molar-refractivity contribution is 0.187. The highest BCUT2D eigenvalue weighted by atomic mass is 31.2. The van der Waals surface area contributed by atoms with Crippen molar-refractivity contribution in [2.75, 3.05) is 19.8 Å². The monoisotopic (exact) mass is 295 g/mol. The summed E-state index contributed by atoms with van der Waals surface area (Å²) in [7, 11) is -3.44. The molecule has 0 saturated carbocycles. The average Bonchev–Trinajstić information content (AvgIpc) is 2.36. The van der Waals surface area contributed by atoms with Gasteiger partial charge in [-0.3, -0.25) is 4.57 Å². The lowest BCUT2D eigenvalue weighted by Gasteiger charge is -2.25. The van der Waals surface area contributed by atoms with Crippen molar-refractivity contribution in [2.24, 2.45) is 5.29 Å². The van der Waals surface area contributed by atoms with E-state index in [9.17, 15) is 14.3 Å². The van der Waals surface area contributed by atoms with Gasteiger partial charge in [0.1, 0.15) is 5.78 Å². The van der Waals surface area contributed by atoms with E-state index >= 15 is 0 Å². The molecule has 0 spiro atoms. The normalized spacial score (nSPS) is 12.8. The molecule has 0 aromatic carbocycles. The van der Waals surface area contributed by atoms with E-state index < -0.39 is 19.4 Å². The van der Waals surface area contributed by atoms with E-state index in [1.54, 1.807) is 20.8 Å². The zero-order valence-electron chi connectivity index (χ0n) is 11.8. The van der Waals surface area contributed by atoms with Gasteiger partial charge in [-0.2, -0.15) is 5.01 Å². The van der Waals surface area contributed by atoms with E-state index in [1.807, 2.05) is 0 Å². The molecule has 19 heavy (non-hydrogen) atoms. The van der Waals surface area contributed by atoms with Gasteiger partial charge in [-0.05, 0) is 27.2 Å². The van der Waals surface area contributed by atoms with Gasteiger partial charge in [-0.25, -0.2) is 4.79 Å². The van der Waals surface area contributed by atoms with E-state index in [1.165, 1.54) is 6.92 Å². The van der Waals surface area contributed by atoms with E-state index in [0.29, 0.717) is 6.42 Å².